The molecule has 1 aliphatic heterocycles. The lowest BCUT2D eigenvalue weighted by atomic mass is 10.1. The van der Waals surface area contributed by atoms with Crippen LogP contribution in [0.25, 0.3) is 0 Å². The predicted molar refractivity (Wildman–Crippen MR) is 66.0 cm³/mol. The third kappa shape index (κ3) is 2.50. The van der Waals surface area contributed by atoms with Crippen LogP contribution in [0.3, 0.4) is 0 Å². The molecule has 0 saturated carbocycles. The molecule has 0 unspecified atom stereocenters. The summed E-state index contributed by atoms with van der Waals surface area (Å²) in [5.74, 6) is -0.914. The number of carbonyl (C=O) groups is 1. The molecule has 0 radical (unpaired) electrons. The molecule has 92 valence electrons. The lowest BCUT2D eigenvalue weighted by Crippen LogP contribution is -2.36. The molecular formula is C12H16N2O3. The third-order valence-electron chi connectivity index (χ3n) is 2.88. The van der Waals surface area contributed by atoms with Crippen LogP contribution in [0.2, 0.25) is 0 Å². The Hall–Kier alpha value is -1.75. The zero-order chi connectivity index (χ0) is 12.3. The van der Waals surface area contributed by atoms with E-state index in [1.807, 2.05) is 12.1 Å². The molecule has 2 rings (SSSR count). The molecule has 0 bridgehead atoms. The largest absolute Gasteiger partial charge is 0.478 e. The van der Waals surface area contributed by atoms with Crippen molar-refractivity contribution in [2.45, 2.75) is 0 Å². The quantitative estimate of drug-likeness (QED) is 0.827. The number of rotatable bonds is 3. The Morgan fingerprint density at radius 3 is 2.71 bits per heavy atom. The van der Waals surface area contributed by atoms with Gasteiger partial charge >= 0.3 is 5.97 Å². The van der Waals surface area contributed by atoms with Crippen LogP contribution in [0.1, 0.15) is 10.4 Å². The topological polar surface area (TPSA) is 61.8 Å². The number of hydrogen-bond acceptors (Lipinski definition) is 4. The molecule has 0 aliphatic carbocycles. The molecular weight excluding hydrogens is 220 g/mol. The van der Waals surface area contributed by atoms with E-state index in [2.05, 4.69) is 10.2 Å². The summed E-state index contributed by atoms with van der Waals surface area (Å²) in [4.78, 5) is 13.2. The zero-order valence-electron chi connectivity index (χ0n) is 9.77. The van der Waals surface area contributed by atoms with Crippen molar-refractivity contribution in [2.24, 2.45) is 0 Å². The molecule has 1 aromatic carbocycles. The molecule has 5 heteroatoms. The number of carboxylic acids is 1. The molecule has 5 nitrogen and oxygen atoms in total. The summed E-state index contributed by atoms with van der Waals surface area (Å²) in [5, 5.41) is 11.9. The van der Waals surface area contributed by atoms with Crippen LogP contribution in [0.5, 0.6) is 0 Å². The highest BCUT2D eigenvalue weighted by Crippen LogP contribution is 2.24. The number of hydrogen-bond donors (Lipinski definition) is 2. The van der Waals surface area contributed by atoms with Gasteiger partial charge in [0.25, 0.3) is 0 Å². The number of morpholine rings is 1. The van der Waals surface area contributed by atoms with E-state index in [1.54, 1.807) is 13.1 Å². The summed E-state index contributed by atoms with van der Waals surface area (Å²) < 4.78 is 5.29. The Labute approximate surface area is 100.0 Å². The number of anilines is 2. The average molecular weight is 236 g/mol. The molecule has 1 fully saturated rings. The maximum atomic E-state index is 11.0. The van der Waals surface area contributed by atoms with Crippen LogP contribution in [-0.4, -0.2) is 44.4 Å². The fourth-order valence-electron chi connectivity index (χ4n) is 1.94. The van der Waals surface area contributed by atoms with Gasteiger partial charge in [0.05, 0.1) is 24.5 Å². The number of carboxylic acid groups (broad SMARTS) is 1. The van der Waals surface area contributed by atoms with Gasteiger partial charge in [-0.25, -0.2) is 4.79 Å². The van der Waals surface area contributed by atoms with Crippen molar-refractivity contribution in [1.82, 2.24) is 0 Å². The van der Waals surface area contributed by atoms with Crippen molar-refractivity contribution >= 4 is 17.3 Å². The van der Waals surface area contributed by atoms with Gasteiger partial charge in [0.15, 0.2) is 0 Å². The second-order valence-electron chi connectivity index (χ2n) is 3.88. The average Bonchev–Trinajstić information content (AvgIpc) is 2.39. The minimum Gasteiger partial charge on any atom is -0.478 e. The Balaban J connectivity index is 2.27. The summed E-state index contributed by atoms with van der Waals surface area (Å²) in [5.41, 5.74) is 1.97. The van der Waals surface area contributed by atoms with Crippen molar-refractivity contribution in [2.75, 3.05) is 43.6 Å². The highest BCUT2D eigenvalue weighted by atomic mass is 16.5. The van der Waals surface area contributed by atoms with Gasteiger partial charge in [0.1, 0.15) is 0 Å². The van der Waals surface area contributed by atoms with Crippen LogP contribution in [-0.2, 0) is 4.74 Å². The Kier molecular flexibility index (Phi) is 3.49. The molecule has 1 saturated heterocycles. The normalized spacial score (nSPS) is 15.7. The maximum absolute atomic E-state index is 11.0. The van der Waals surface area contributed by atoms with Crippen LogP contribution in [0, 0.1) is 0 Å². The molecule has 1 aromatic rings. The zero-order valence-corrected chi connectivity index (χ0v) is 9.77. The van der Waals surface area contributed by atoms with E-state index >= 15 is 0 Å². The Morgan fingerprint density at radius 2 is 2.12 bits per heavy atom. The molecule has 0 spiro atoms. The van der Waals surface area contributed by atoms with E-state index in [4.69, 9.17) is 9.84 Å². The van der Waals surface area contributed by atoms with Gasteiger partial charge in [-0.2, -0.15) is 0 Å². The molecule has 1 heterocycles. The molecule has 0 atom stereocenters. The molecule has 2 N–H and O–H groups in total. The van der Waals surface area contributed by atoms with Crippen LogP contribution < -0.4 is 10.2 Å². The molecule has 17 heavy (non-hydrogen) atoms. The minimum atomic E-state index is -0.914. The van der Waals surface area contributed by atoms with E-state index in [0.717, 1.165) is 32.0 Å². The smallest absolute Gasteiger partial charge is 0.337 e. The maximum Gasteiger partial charge on any atom is 0.337 e. The summed E-state index contributed by atoms with van der Waals surface area (Å²) >= 11 is 0. The van der Waals surface area contributed by atoms with Crippen molar-refractivity contribution in [3.8, 4) is 0 Å². The number of aromatic carboxylic acids is 1. The lowest BCUT2D eigenvalue weighted by Gasteiger charge is -2.29. The van der Waals surface area contributed by atoms with Crippen molar-refractivity contribution in [3.63, 3.8) is 0 Å². The summed E-state index contributed by atoms with van der Waals surface area (Å²) in [6.07, 6.45) is 0. The van der Waals surface area contributed by atoms with Gasteiger partial charge in [-0.15, -0.1) is 0 Å². The second-order valence-corrected chi connectivity index (χ2v) is 3.88. The highest BCUT2D eigenvalue weighted by molar-refractivity contribution is 5.95. The van der Waals surface area contributed by atoms with E-state index in [1.165, 1.54) is 0 Å². The van der Waals surface area contributed by atoms with E-state index in [-0.39, 0.29) is 0 Å². The van der Waals surface area contributed by atoms with Crippen LogP contribution >= 0.6 is 0 Å². The number of benzene rings is 1. The molecule has 1 aliphatic rings. The fraction of sp³-hybridized carbons (Fsp3) is 0.417. The summed E-state index contributed by atoms with van der Waals surface area (Å²) in [6, 6.07) is 5.35. The Morgan fingerprint density at radius 1 is 1.41 bits per heavy atom. The standard InChI is InChI=1S/C12H16N2O3/c1-13-11-8-9(2-3-10(11)12(15)16)14-4-6-17-7-5-14/h2-3,8,13H,4-7H2,1H3,(H,15,16). The van der Waals surface area contributed by atoms with Gasteiger partial charge < -0.3 is 20.1 Å². The number of ether oxygens (including phenoxy) is 1. The first-order valence-corrected chi connectivity index (χ1v) is 5.60. The lowest BCUT2D eigenvalue weighted by molar-refractivity contribution is 0.0698. The minimum absolute atomic E-state index is 0.296. The molecule has 0 amide bonds. The van der Waals surface area contributed by atoms with Gasteiger partial charge in [0, 0.05) is 25.8 Å². The van der Waals surface area contributed by atoms with Gasteiger partial charge in [-0.1, -0.05) is 0 Å². The van der Waals surface area contributed by atoms with Crippen molar-refractivity contribution < 1.29 is 14.6 Å². The first kappa shape index (κ1) is 11.7. The first-order valence-electron chi connectivity index (χ1n) is 5.60. The fourth-order valence-corrected chi connectivity index (χ4v) is 1.94. The van der Waals surface area contributed by atoms with E-state index < -0.39 is 5.97 Å². The number of nitrogens with one attached hydrogen (secondary N) is 1. The van der Waals surface area contributed by atoms with Crippen molar-refractivity contribution in [3.05, 3.63) is 23.8 Å². The predicted octanol–water partition coefficient (Wildman–Crippen LogP) is 1.26. The Bertz CT molecular complexity index is 414. The second kappa shape index (κ2) is 5.05. The van der Waals surface area contributed by atoms with Gasteiger partial charge in [0.2, 0.25) is 0 Å². The van der Waals surface area contributed by atoms with Gasteiger partial charge in [-0.05, 0) is 18.2 Å². The van der Waals surface area contributed by atoms with Crippen LogP contribution in [0.15, 0.2) is 18.2 Å². The number of nitrogens with zero attached hydrogens (tertiary/aromatic N) is 1. The van der Waals surface area contributed by atoms with E-state index in [0.29, 0.717) is 11.3 Å². The summed E-state index contributed by atoms with van der Waals surface area (Å²) in [7, 11) is 1.73. The SMILES string of the molecule is CNc1cc(N2CCOCC2)ccc1C(=O)O. The highest BCUT2D eigenvalue weighted by Gasteiger charge is 2.14. The summed E-state index contributed by atoms with van der Waals surface area (Å²) in [6.45, 7) is 3.12. The van der Waals surface area contributed by atoms with Crippen molar-refractivity contribution in [1.29, 1.82) is 0 Å². The van der Waals surface area contributed by atoms with Gasteiger partial charge in [-0.3, -0.25) is 0 Å². The third-order valence-corrected chi connectivity index (χ3v) is 2.88. The monoisotopic (exact) mass is 236 g/mol. The van der Waals surface area contributed by atoms with E-state index in [9.17, 15) is 4.79 Å². The molecule has 0 aromatic heterocycles. The van der Waals surface area contributed by atoms with Crippen LogP contribution in [0.4, 0.5) is 11.4 Å². The first-order chi connectivity index (χ1) is 8.22.